The monoisotopic (exact) mass is 201 g/mol. The molecule has 0 radical (unpaired) electrons. The van der Waals surface area contributed by atoms with E-state index in [0.29, 0.717) is 0 Å². The van der Waals surface area contributed by atoms with Gasteiger partial charge in [0.1, 0.15) is 0 Å². The maximum Gasteiger partial charge on any atom is 0.0795 e. The van der Waals surface area contributed by atoms with E-state index in [9.17, 15) is 5.11 Å². The zero-order valence-electron chi connectivity index (χ0n) is 8.89. The Bertz CT molecular complexity index is 146. The van der Waals surface area contributed by atoms with Crippen LogP contribution in [0.5, 0.6) is 0 Å². The summed E-state index contributed by atoms with van der Waals surface area (Å²) in [5.74, 6) is 0. The fourth-order valence-corrected chi connectivity index (χ4v) is 1.78. The number of nitrogens with two attached hydrogens (primary N) is 1. The second kappa shape index (κ2) is 6.35. The standard InChI is InChI=1S/C10H23N3O/c11-5-1-2-6-13-9-10(14)3-7-12-8-4-10/h12-14H,1-9,11H2. The first-order valence-electron chi connectivity index (χ1n) is 5.61. The van der Waals surface area contributed by atoms with Gasteiger partial charge in [0.25, 0.3) is 0 Å². The van der Waals surface area contributed by atoms with Crippen molar-refractivity contribution in [2.45, 2.75) is 31.3 Å². The largest absolute Gasteiger partial charge is 0.388 e. The highest BCUT2D eigenvalue weighted by Gasteiger charge is 2.28. The van der Waals surface area contributed by atoms with Crippen LogP contribution in [0.1, 0.15) is 25.7 Å². The smallest absolute Gasteiger partial charge is 0.0795 e. The van der Waals surface area contributed by atoms with Gasteiger partial charge in [-0.1, -0.05) is 0 Å². The van der Waals surface area contributed by atoms with E-state index in [4.69, 9.17) is 5.73 Å². The maximum absolute atomic E-state index is 10.1. The summed E-state index contributed by atoms with van der Waals surface area (Å²) in [6.07, 6.45) is 3.88. The van der Waals surface area contributed by atoms with Crippen molar-refractivity contribution in [3.63, 3.8) is 0 Å². The van der Waals surface area contributed by atoms with Crippen LogP contribution in [0.15, 0.2) is 0 Å². The molecule has 1 saturated heterocycles. The van der Waals surface area contributed by atoms with Crippen molar-refractivity contribution in [3.8, 4) is 0 Å². The topological polar surface area (TPSA) is 70.3 Å². The third-order valence-electron chi connectivity index (χ3n) is 2.80. The van der Waals surface area contributed by atoms with Gasteiger partial charge in [-0.3, -0.25) is 0 Å². The number of unbranched alkanes of at least 4 members (excludes halogenated alkanes) is 1. The first-order chi connectivity index (χ1) is 6.77. The Balaban J connectivity index is 2.03. The number of piperidine rings is 1. The predicted octanol–water partition coefficient (Wildman–Crippen LogP) is -0.571. The lowest BCUT2D eigenvalue weighted by molar-refractivity contribution is 0.0113. The summed E-state index contributed by atoms with van der Waals surface area (Å²) in [6, 6.07) is 0. The maximum atomic E-state index is 10.1. The molecule has 1 aliphatic heterocycles. The molecule has 0 unspecified atom stereocenters. The van der Waals surface area contributed by atoms with Gasteiger partial charge in [0, 0.05) is 6.54 Å². The quantitative estimate of drug-likeness (QED) is 0.434. The molecule has 0 aromatic rings. The molecule has 1 heterocycles. The third kappa shape index (κ3) is 4.37. The highest BCUT2D eigenvalue weighted by atomic mass is 16.3. The highest BCUT2D eigenvalue weighted by molar-refractivity contribution is 4.86. The summed E-state index contributed by atoms with van der Waals surface area (Å²) >= 11 is 0. The molecule has 0 bridgehead atoms. The lowest BCUT2D eigenvalue weighted by Crippen LogP contribution is -2.48. The Labute approximate surface area is 86.3 Å². The molecule has 1 aliphatic rings. The first kappa shape index (κ1) is 11.9. The number of nitrogens with one attached hydrogen (secondary N) is 2. The number of aliphatic hydroxyl groups is 1. The second-order valence-corrected chi connectivity index (χ2v) is 4.15. The SMILES string of the molecule is NCCCCNCC1(O)CCNCC1. The molecule has 0 aromatic heterocycles. The molecule has 0 aromatic carbocycles. The van der Waals surface area contributed by atoms with Crippen LogP contribution in [0, 0.1) is 0 Å². The summed E-state index contributed by atoms with van der Waals surface area (Å²) < 4.78 is 0. The van der Waals surface area contributed by atoms with Crippen molar-refractivity contribution < 1.29 is 5.11 Å². The van der Waals surface area contributed by atoms with Crippen molar-refractivity contribution >= 4 is 0 Å². The van der Waals surface area contributed by atoms with Crippen molar-refractivity contribution in [1.29, 1.82) is 0 Å². The Hall–Kier alpha value is -0.160. The lowest BCUT2D eigenvalue weighted by Gasteiger charge is -2.32. The number of hydrogen-bond donors (Lipinski definition) is 4. The van der Waals surface area contributed by atoms with Crippen molar-refractivity contribution in [2.75, 3.05) is 32.7 Å². The van der Waals surface area contributed by atoms with Gasteiger partial charge in [-0.15, -0.1) is 0 Å². The summed E-state index contributed by atoms with van der Waals surface area (Å²) in [4.78, 5) is 0. The van der Waals surface area contributed by atoms with E-state index >= 15 is 0 Å². The number of hydrogen-bond acceptors (Lipinski definition) is 4. The van der Waals surface area contributed by atoms with Gasteiger partial charge in [0.15, 0.2) is 0 Å². The van der Waals surface area contributed by atoms with E-state index in [1.165, 1.54) is 0 Å². The molecular weight excluding hydrogens is 178 g/mol. The van der Waals surface area contributed by atoms with E-state index < -0.39 is 5.60 Å². The predicted molar refractivity (Wildman–Crippen MR) is 58.2 cm³/mol. The zero-order valence-corrected chi connectivity index (χ0v) is 8.89. The minimum absolute atomic E-state index is 0.478. The van der Waals surface area contributed by atoms with E-state index in [0.717, 1.165) is 58.4 Å². The minimum atomic E-state index is -0.478. The Morgan fingerprint density at radius 1 is 1.29 bits per heavy atom. The first-order valence-corrected chi connectivity index (χ1v) is 5.61. The van der Waals surface area contributed by atoms with Crippen LogP contribution in [0.4, 0.5) is 0 Å². The molecule has 4 heteroatoms. The lowest BCUT2D eigenvalue weighted by atomic mass is 9.92. The fraction of sp³-hybridized carbons (Fsp3) is 1.00. The third-order valence-corrected chi connectivity index (χ3v) is 2.80. The molecule has 0 spiro atoms. The molecule has 1 fully saturated rings. The van der Waals surface area contributed by atoms with Gasteiger partial charge in [0.05, 0.1) is 5.60 Å². The average molecular weight is 201 g/mol. The van der Waals surface area contributed by atoms with Crippen molar-refractivity contribution in [3.05, 3.63) is 0 Å². The summed E-state index contributed by atoms with van der Waals surface area (Å²) in [5.41, 5.74) is 4.92. The summed E-state index contributed by atoms with van der Waals surface area (Å²) in [6.45, 7) is 4.31. The molecule has 0 saturated carbocycles. The molecule has 0 amide bonds. The molecule has 1 rings (SSSR count). The van der Waals surface area contributed by atoms with Gasteiger partial charge < -0.3 is 21.5 Å². The summed E-state index contributed by atoms with van der Waals surface area (Å²) in [5, 5.41) is 16.6. The second-order valence-electron chi connectivity index (χ2n) is 4.15. The van der Waals surface area contributed by atoms with Crippen molar-refractivity contribution in [1.82, 2.24) is 10.6 Å². The Morgan fingerprint density at radius 3 is 2.64 bits per heavy atom. The molecule has 4 nitrogen and oxygen atoms in total. The fourth-order valence-electron chi connectivity index (χ4n) is 1.78. The molecule has 14 heavy (non-hydrogen) atoms. The van der Waals surface area contributed by atoms with E-state index in [-0.39, 0.29) is 0 Å². The average Bonchev–Trinajstić information content (AvgIpc) is 2.18. The summed E-state index contributed by atoms with van der Waals surface area (Å²) in [7, 11) is 0. The van der Waals surface area contributed by atoms with Crippen LogP contribution in [0.2, 0.25) is 0 Å². The van der Waals surface area contributed by atoms with Crippen molar-refractivity contribution in [2.24, 2.45) is 5.73 Å². The Kier molecular flexibility index (Phi) is 5.40. The molecule has 84 valence electrons. The van der Waals surface area contributed by atoms with E-state index in [2.05, 4.69) is 10.6 Å². The van der Waals surface area contributed by atoms with E-state index in [1.54, 1.807) is 0 Å². The van der Waals surface area contributed by atoms with Gasteiger partial charge in [-0.2, -0.15) is 0 Å². The molecule has 0 aliphatic carbocycles. The molecular formula is C10H23N3O. The van der Waals surface area contributed by atoms with Crippen LogP contribution < -0.4 is 16.4 Å². The van der Waals surface area contributed by atoms with Crippen LogP contribution in [0.3, 0.4) is 0 Å². The molecule has 5 N–H and O–H groups in total. The van der Waals surface area contributed by atoms with Crippen LogP contribution >= 0.6 is 0 Å². The minimum Gasteiger partial charge on any atom is -0.388 e. The molecule has 0 atom stereocenters. The van der Waals surface area contributed by atoms with Crippen LogP contribution in [-0.4, -0.2) is 43.4 Å². The van der Waals surface area contributed by atoms with Gasteiger partial charge in [-0.25, -0.2) is 0 Å². The van der Waals surface area contributed by atoms with Crippen LogP contribution in [-0.2, 0) is 0 Å². The highest BCUT2D eigenvalue weighted by Crippen LogP contribution is 2.16. The van der Waals surface area contributed by atoms with Gasteiger partial charge in [0.2, 0.25) is 0 Å². The van der Waals surface area contributed by atoms with Crippen LogP contribution in [0.25, 0.3) is 0 Å². The number of rotatable bonds is 6. The van der Waals surface area contributed by atoms with E-state index in [1.807, 2.05) is 0 Å². The zero-order chi connectivity index (χ0) is 10.3. The Morgan fingerprint density at radius 2 is 2.00 bits per heavy atom. The normalized spacial score (nSPS) is 21.0. The van der Waals surface area contributed by atoms with Gasteiger partial charge >= 0.3 is 0 Å². The van der Waals surface area contributed by atoms with Gasteiger partial charge in [-0.05, 0) is 51.9 Å².